The fourth-order valence-corrected chi connectivity index (χ4v) is 2.84. The summed E-state index contributed by atoms with van der Waals surface area (Å²) in [6.07, 6.45) is 2.94. The highest BCUT2D eigenvalue weighted by Crippen LogP contribution is 2.27. The number of carbonyl (C=O) groups is 1. The van der Waals surface area contributed by atoms with E-state index in [1.807, 2.05) is 42.3 Å². The van der Waals surface area contributed by atoms with E-state index in [4.69, 9.17) is 0 Å². The Hall–Kier alpha value is -2.36. The zero-order valence-corrected chi connectivity index (χ0v) is 12.0. The summed E-state index contributed by atoms with van der Waals surface area (Å²) in [4.78, 5) is 18.0. The molecule has 3 rings (SSSR count). The topological polar surface area (TPSA) is 53.4 Å². The molecule has 4 heteroatoms. The summed E-state index contributed by atoms with van der Waals surface area (Å²) in [6.45, 7) is 0.646. The highest BCUT2D eigenvalue weighted by atomic mass is 16.4. The summed E-state index contributed by atoms with van der Waals surface area (Å²) in [5, 5.41) is 9.45. The van der Waals surface area contributed by atoms with Gasteiger partial charge >= 0.3 is 5.97 Å². The number of carboxylic acids is 1. The molecule has 0 aliphatic heterocycles. The van der Waals surface area contributed by atoms with Gasteiger partial charge in [-0.25, -0.2) is 9.78 Å². The van der Waals surface area contributed by atoms with Gasteiger partial charge in [-0.2, -0.15) is 0 Å². The minimum absolute atomic E-state index is 0.300. The number of anilines is 1. The summed E-state index contributed by atoms with van der Waals surface area (Å²) in [7, 11) is 1.89. The van der Waals surface area contributed by atoms with Gasteiger partial charge in [-0.1, -0.05) is 30.3 Å². The van der Waals surface area contributed by atoms with Crippen molar-refractivity contribution in [3.8, 4) is 0 Å². The predicted molar refractivity (Wildman–Crippen MR) is 81.8 cm³/mol. The van der Waals surface area contributed by atoms with Crippen molar-refractivity contribution in [1.82, 2.24) is 4.98 Å². The molecule has 2 aromatic rings. The number of rotatable bonds is 4. The van der Waals surface area contributed by atoms with Gasteiger partial charge in [0.05, 0.1) is 0 Å². The lowest BCUT2D eigenvalue weighted by molar-refractivity contribution is 0.0697. The van der Waals surface area contributed by atoms with Gasteiger partial charge in [-0.05, 0) is 36.5 Å². The van der Waals surface area contributed by atoms with Crippen LogP contribution in [0.2, 0.25) is 0 Å². The quantitative estimate of drug-likeness (QED) is 0.937. The molecule has 21 heavy (non-hydrogen) atoms. The lowest BCUT2D eigenvalue weighted by atomic mass is 10.1. The van der Waals surface area contributed by atoms with Gasteiger partial charge in [0.15, 0.2) is 0 Å². The van der Waals surface area contributed by atoms with Crippen molar-refractivity contribution < 1.29 is 9.90 Å². The molecule has 0 bridgehead atoms. The Morgan fingerprint density at radius 2 is 2.05 bits per heavy atom. The molecular formula is C17H18N2O2. The van der Waals surface area contributed by atoms with E-state index in [0.717, 1.165) is 36.1 Å². The van der Waals surface area contributed by atoms with Crippen molar-refractivity contribution in [1.29, 1.82) is 0 Å². The van der Waals surface area contributed by atoms with Gasteiger partial charge < -0.3 is 10.0 Å². The molecular weight excluding hydrogens is 264 g/mol. The van der Waals surface area contributed by atoms with Gasteiger partial charge in [0.2, 0.25) is 0 Å². The fourth-order valence-electron chi connectivity index (χ4n) is 2.84. The molecule has 0 spiro atoms. The number of fused-ring (bicyclic) bond motifs is 1. The van der Waals surface area contributed by atoms with Crippen molar-refractivity contribution in [2.24, 2.45) is 0 Å². The fraction of sp³-hybridized carbons (Fsp3) is 0.294. The number of nitrogens with zero attached hydrogens (tertiary/aromatic N) is 2. The largest absolute Gasteiger partial charge is 0.478 e. The van der Waals surface area contributed by atoms with Crippen LogP contribution in [0.15, 0.2) is 36.4 Å². The number of carboxylic acid groups (broad SMARTS) is 1. The Morgan fingerprint density at radius 1 is 1.29 bits per heavy atom. The van der Waals surface area contributed by atoms with Crippen LogP contribution >= 0.6 is 0 Å². The van der Waals surface area contributed by atoms with Crippen LogP contribution in [0.3, 0.4) is 0 Å². The second-order valence-corrected chi connectivity index (χ2v) is 5.47. The van der Waals surface area contributed by atoms with Gasteiger partial charge in [-0.15, -0.1) is 0 Å². The van der Waals surface area contributed by atoms with E-state index in [1.165, 1.54) is 0 Å². The number of aromatic nitrogens is 1. The molecule has 108 valence electrons. The van der Waals surface area contributed by atoms with E-state index in [2.05, 4.69) is 4.98 Å². The zero-order chi connectivity index (χ0) is 14.8. The van der Waals surface area contributed by atoms with Gasteiger partial charge in [0.1, 0.15) is 11.4 Å². The minimum Gasteiger partial charge on any atom is -0.478 e. The number of hydrogen-bond donors (Lipinski definition) is 1. The molecule has 0 radical (unpaired) electrons. The Morgan fingerprint density at radius 3 is 2.76 bits per heavy atom. The number of benzene rings is 1. The van der Waals surface area contributed by atoms with Crippen LogP contribution in [0.4, 0.5) is 5.82 Å². The minimum atomic E-state index is -0.910. The van der Waals surface area contributed by atoms with Crippen molar-refractivity contribution >= 4 is 11.8 Å². The molecule has 4 nitrogen and oxygen atoms in total. The van der Waals surface area contributed by atoms with Crippen LogP contribution in [0.1, 0.15) is 33.6 Å². The van der Waals surface area contributed by atoms with Crippen LogP contribution in [0.5, 0.6) is 0 Å². The third kappa shape index (κ3) is 2.75. The molecule has 0 amide bonds. The predicted octanol–water partition coefficient (Wildman–Crippen LogP) is 2.90. The van der Waals surface area contributed by atoms with Crippen LogP contribution < -0.4 is 4.90 Å². The highest BCUT2D eigenvalue weighted by Gasteiger charge is 2.21. The molecule has 1 aliphatic carbocycles. The van der Waals surface area contributed by atoms with E-state index < -0.39 is 5.97 Å². The normalized spacial score (nSPS) is 13.0. The van der Waals surface area contributed by atoms with E-state index in [1.54, 1.807) is 6.07 Å². The monoisotopic (exact) mass is 282 g/mol. The van der Waals surface area contributed by atoms with Crippen molar-refractivity contribution in [3.63, 3.8) is 0 Å². The molecule has 0 fully saturated rings. The average Bonchev–Trinajstić information content (AvgIpc) is 2.94. The first-order valence-electron chi connectivity index (χ1n) is 7.16. The molecule has 0 saturated carbocycles. The van der Waals surface area contributed by atoms with Gasteiger partial charge in [-0.3, -0.25) is 0 Å². The summed E-state index contributed by atoms with van der Waals surface area (Å²) in [5.41, 5.74) is 3.58. The van der Waals surface area contributed by atoms with Crippen molar-refractivity contribution in [2.45, 2.75) is 25.8 Å². The summed E-state index contributed by atoms with van der Waals surface area (Å²) in [5.74, 6) is -0.348. The molecule has 1 heterocycles. The van der Waals surface area contributed by atoms with Crippen LogP contribution in [-0.4, -0.2) is 23.1 Å². The lowest BCUT2D eigenvalue weighted by Crippen LogP contribution is -2.21. The SMILES string of the molecule is CN(Cc1ccccc1)c1nc2c(cc1C(=O)O)CCC2. The second-order valence-electron chi connectivity index (χ2n) is 5.47. The first-order valence-corrected chi connectivity index (χ1v) is 7.16. The van der Waals surface area contributed by atoms with Crippen LogP contribution in [-0.2, 0) is 19.4 Å². The van der Waals surface area contributed by atoms with E-state index in [-0.39, 0.29) is 0 Å². The van der Waals surface area contributed by atoms with Crippen LogP contribution in [0, 0.1) is 0 Å². The molecule has 1 aromatic carbocycles. The van der Waals surface area contributed by atoms with Gasteiger partial charge in [0.25, 0.3) is 0 Å². The molecule has 0 unspecified atom stereocenters. The summed E-state index contributed by atoms with van der Waals surface area (Å²) >= 11 is 0. The first-order chi connectivity index (χ1) is 10.1. The summed E-state index contributed by atoms with van der Waals surface area (Å²) in [6, 6.07) is 11.8. The smallest absolute Gasteiger partial charge is 0.339 e. The summed E-state index contributed by atoms with van der Waals surface area (Å²) < 4.78 is 0. The maximum absolute atomic E-state index is 11.5. The average molecular weight is 282 g/mol. The van der Waals surface area contributed by atoms with Crippen molar-refractivity contribution in [3.05, 3.63) is 58.8 Å². The first kappa shape index (κ1) is 13.6. The number of hydrogen-bond acceptors (Lipinski definition) is 3. The Bertz CT molecular complexity index is 668. The van der Waals surface area contributed by atoms with Gasteiger partial charge in [0, 0.05) is 19.3 Å². The Kier molecular flexibility index (Phi) is 3.60. The Balaban J connectivity index is 1.95. The maximum atomic E-state index is 11.5. The van der Waals surface area contributed by atoms with E-state index >= 15 is 0 Å². The Labute approximate surface area is 124 Å². The molecule has 0 saturated heterocycles. The maximum Gasteiger partial charge on any atom is 0.339 e. The molecule has 1 N–H and O–H groups in total. The molecule has 1 aliphatic rings. The van der Waals surface area contributed by atoms with Crippen molar-refractivity contribution in [2.75, 3.05) is 11.9 Å². The van der Waals surface area contributed by atoms with E-state index in [0.29, 0.717) is 17.9 Å². The third-order valence-corrected chi connectivity index (χ3v) is 3.89. The number of pyridine rings is 1. The standard InChI is InChI=1S/C17H18N2O2/c1-19(11-12-6-3-2-4-7-12)16-14(17(20)21)10-13-8-5-9-15(13)18-16/h2-4,6-7,10H,5,8-9,11H2,1H3,(H,20,21). The zero-order valence-electron chi connectivity index (χ0n) is 12.0. The highest BCUT2D eigenvalue weighted by molar-refractivity contribution is 5.93. The van der Waals surface area contributed by atoms with Crippen LogP contribution in [0.25, 0.3) is 0 Å². The third-order valence-electron chi connectivity index (χ3n) is 3.89. The lowest BCUT2D eigenvalue weighted by Gasteiger charge is -2.21. The molecule has 0 atom stereocenters. The second kappa shape index (κ2) is 5.56. The number of aryl methyl sites for hydroxylation is 2. The van der Waals surface area contributed by atoms with E-state index in [9.17, 15) is 9.90 Å². The molecule has 1 aromatic heterocycles. The number of aromatic carboxylic acids is 1.